The molecule has 0 aromatic heterocycles. The van der Waals surface area contributed by atoms with Gasteiger partial charge in [0.05, 0.1) is 35.1 Å². The number of nitriles is 2. The molecule has 7 nitrogen and oxygen atoms in total. The second kappa shape index (κ2) is 10.6. The van der Waals surface area contributed by atoms with E-state index >= 15 is 0 Å². The predicted octanol–water partition coefficient (Wildman–Crippen LogP) is 2.49. The van der Waals surface area contributed by atoms with E-state index in [2.05, 4.69) is 0 Å². The highest BCUT2D eigenvalue weighted by atomic mass is 32.2. The van der Waals surface area contributed by atoms with Crippen molar-refractivity contribution in [2.24, 2.45) is 0 Å². The molecule has 1 aliphatic heterocycles. The van der Waals surface area contributed by atoms with Crippen LogP contribution in [-0.4, -0.2) is 49.1 Å². The fourth-order valence-corrected chi connectivity index (χ4v) is 4.30. The fourth-order valence-electron chi connectivity index (χ4n) is 2.93. The standard InChI is InChI=1S/C13H13F3N2O3S.C8H7NO/c14-13(15,16)10-1-2-11(9(5-10)6-17)22(21)18-4-3-12(20,7-18)8-19;9-5-4-7-2-1-3-8(10)6-7/h1-2,5,19-20H,3-4,7-8H2;1-3,6,10H,4H2. The topological polar surface area (TPSA) is 129 Å². The van der Waals surface area contributed by atoms with E-state index in [1.807, 2.05) is 12.1 Å². The number of phenols is 1. The van der Waals surface area contributed by atoms with Crippen LogP contribution in [-0.2, 0) is 23.6 Å². The molecule has 0 radical (unpaired) electrons. The van der Waals surface area contributed by atoms with E-state index in [0.717, 1.165) is 17.7 Å². The van der Waals surface area contributed by atoms with Crippen molar-refractivity contribution in [2.75, 3.05) is 19.7 Å². The molecule has 11 heteroatoms. The predicted molar refractivity (Wildman–Crippen MR) is 108 cm³/mol. The van der Waals surface area contributed by atoms with Gasteiger partial charge in [-0.1, -0.05) is 12.1 Å². The van der Waals surface area contributed by atoms with Crippen molar-refractivity contribution < 1.29 is 32.7 Å². The van der Waals surface area contributed by atoms with Crippen LogP contribution in [0.2, 0.25) is 0 Å². The van der Waals surface area contributed by atoms with Gasteiger partial charge in [-0.25, -0.2) is 8.51 Å². The highest BCUT2D eigenvalue weighted by Crippen LogP contribution is 2.32. The van der Waals surface area contributed by atoms with Crippen LogP contribution in [0.1, 0.15) is 23.1 Å². The first-order valence-electron chi connectivity index (χ1n) is 9.29. The number of hydrogen-bond acceptors (Lipinski definition) is 6. The smallest absolute Gasteiger partial charge is 0.416 e. The molecule has 2 unspecified atom stereocenters. The zero-order valence-electron chi connectivity index (χ0n) is 16.7. The summed E-state index contributed by atoms with van der Waals surface area (Å²) in [7, 11) is -1.88. The third kappa shape index (κ3) is 6.52. The molecule has 2 aromatic rings. The Morgan fingerprint density at radius 3 is 2.44 bits per heavy atom. The van der Waals surface area contributed by atoms with E-state index in [1.54, 1.807) is 24.3 Å². The van der Waals surface area contributed by atoms with Crippen LogP contribution < -0.4 is 0 Å². The average Bonchev–Trinajstić information content (AvgIpc) is 3.16. The van der Waals surface area contributed by atoms with Crippen molar-refractivity contribution in [1.29, 1.82) is 10.5 Å². The summed E-state index contributed by atoms with van der Waals surface area (Å²) < 4.78 is 51.6. The van der Waals surface area contributed by atoms with Crippen molar-refractivity contribution in [2.45, 2.75) is 29.5 Å². The van der Waals surface area contributed by atoms with Gasteiger partial charge in [0.25, 0.3) is 0 Å². The Morgan fingerprint density at radius 1 is 1.19 bits per heavy atom. The number of halogens is 3. The Kier molecular flexibility index (Phi) is 8.36. The molecule has 1 aliphatic rings. The molecule has 170 valence electrons. The van der Waals surface area contributed by atoms with E-state index in [1.165, 1.54) is 4.31 Å². The van der Waals surface area contributed by atoms with Crippen LogP contribution in [0.3, 0.4) is 0 Å². The summed E-state index contributed by atoms with van der Waals surface area (Å²) in [6, 6.07) is 12.7. The van der Waals surface area contributed by atoms with Gasteiger partial charge < -0.3 is 15.3 Å². The Hall–Kier alpha value is -2.96. The molecule has 1 saturated heterocycles. The minimum Gasteiger partial charge on any atom is -0.508 e. The molecule has 1 heterocycles. The van der Waals surface area contributed by atoms with Crippen molar-refractivity contribution in [3.63, 3.8) is 0 Å². The number of rotatable bonds is 4. The Balaban J connectivity index is 0.000000303. The lowest BCUT2D eigenvalue weighted by molar-refractivity contribution is -0.137. The van der Waals surface area contributed by atoms with Gasteiger partial charge in [-0.15, -0.1) is 0 Å². The van der Waals surface area contributed by atoms with Crippen molar-refractivity contribution in [3.8, 4) is 17.9 Å². The largest absolute Gasteiger partial charge is 0.508 e. The minimum atomic E-state index is -4.59. The summed E-state index contributed by atoms with van der Waals surface area (Å²) in [6.07, 6.45) is -4.04. The van der Waals surface area contributed by atoms with E-state index in [-0.39, 0.29) is 35.7 Å². The summed E-state index contributed by atoms with van der Waals surface area (Å²) in [6.45, 7) is -0.379. The highest BCUT2D eigenvalue weighted by molar-refractivity contribution is 7.82. The summed E-state index contributed by atoms with van der Waals surface area (Å²) >= 11 is 0. The van der Waals surface area contributed by atoms with Crippen LogP contribution in [0.5, 0.6) is 5.75 Å². The average molecular weight is 467 g/mol. The molecule has 0 bridgehead atoms. The lowest BCUT2D eigenvalue weighted by Crippen LogP contribution is -2.37. The van der Waals surface area contributed by atoms with Gasteiger partial charge in [-0.3, -0.25) is 0 Å². The first kappa shape index (κ1) is 25.3. The van der Waals surface area contributed by atoms with Gasteiger partial charge in [0.1, 0.15) is 28.4 Å². The van der Waals surface area contributed by atoms with Crippen LogP contribution >= 0.6 is 0 Å². The zero-order valence-corrected chi connectivity index (χ0v) is 17.5. The number of β-amino-alcohol motifs (C(OH)–C–C–N with tert-alkyl or cyclic N) is 1. The van der Waals surface area contributed by atoms with Crippen LogP contribution in [0.4, 0.5) is 13.2 Å². The molecule has 3 N–H and O–H groups in total. The Bertz CT molecular complexity index is 1070. The van der Waals surface area contributed by atoms with Gasteiger partial charge in [-0.2, -0.15) is 23.7 Å². The third-order valence-corrected chi connectivity index (χ3v) is 6.15. The van der Waals surface area contributed by atoms with Crippen LogP contribution in [0.15, 0.2) is 47.4 Å². The lowest BCUT2D eigenvalue weighted by Gasteiger charge is -2.20. The number of aromatic hydroxyl groups is 1. The van der Waals surface area contributed by atoms with E-state index in [4.69, 9.17) is 20.7 Å². The van der Waals surface area contributed by atoms with E-state index in [9.17, 15) is 22.5 Å². The fraction of sp³-hybridized carbons (Fsp3) is 0.333. The monoisotopic (exact) mass is 467 g/mol. The molecular formula is C21H20F3N3O4S. The van der Waals surface area contributed by atoms with Crippen molar-refractivity contribution in [3.05, 3.63) is 59.2 Å². The summed E-state index contributed by atoms with van der Waals surface area (Å²) in [5.74, 6) is 0.216. The molecule has 1 fully saturated rings. The molecule has 2 aromatic carbocycles. The number of aliphatic hydroxyl groups excluding tert-OH is 1. The SMILES string of the molecule is N#CCc1cccc(O)c1.N#Cc1cc(C(F)(F)F)ccc1S(=O)N1CCC(O)(CO)C1. The minimum absolute atomic E-state index is 0.0438. The molecule has 32 heavy (non-hydrogen) atoms. The van der Waals surface area contributed by atoms with Crippen LogP contribution in [0, 0.1) is 22.7 Å². The van der Waals surface area contributed by atoms with Gasteiger partial charge in [-0.05, 0) is 42.3 Å². The van der Waals surface area contributed by atoms with Gasteiger partial charge >= 0.3 is 6.18 Å². The van der Waals surface area contributed by atoms with Crippen molar-refractivity contribution in [1.82, 2.24) is 4.31 Å². The maximum atomic E-state index is 12.6. The molecule has 0 amide bonds. The number of alkyl halides is 3. The maximum absolute atomic E-state index is 12.6. The molecule has 0 saturated carbocycles. The lowest BCUT2D eigenvalue weighted by atomic mass is 10.1. The normalized spacial score (nSPS) is 19.3. The number of benzene rings is 2. The molecule has 0 spiro atoms. The number of phenolic OH excluding ortho intramolecular Hbond substituents is 1. The number of nitrogens with zero attached hydrogens (tertiary/aromatic N) is 3. The second-order valence-corrected chi connectivity index (χ2v) is 8.52. The highest BCUT2D eigenvalue weighted by Gasteiger charge is 2.39. The maximum Gasteiger partial charge on any atom is 0.416 e. The Labute approximate surface area is 185 Å². The van der Waals surface area contributed by atoms with Gasteiger partial charge in [0, 0.05) is 13.1 Å². The second-order valence-electron chi connectivity index (χ2n) is 7.07. The van der Waals surface area contributed by atoms with E-state index < -0.39 is 34.9 Å². The molecule has 3 rings (SSSR count). The van der Waals surface area contributed by atoms with Crippen molar-refractivity contribution >= 4 is 11.0 Å². The van der Waals surface area contributed by atoms with Gasteiger partial charge in [0.2, 0.25) is 0 Å². The summed E-state index contributed by atoms with van der Waals surface area (Å²) in [4.78, 5) is -0.0438. The third-order valence-electron chi connectivity index (χ3n) is 4.64. The molecular weight excluding hydrogens is 447 g/mol. The van der Waals surface area contributed by atoms with Gasteiger partial charge in [0.15, 0.2) is 0 Å². The van der Waals surface area contributed by atoms with Crippen LogP contribution in [0.25, 0.3) is 0 Å². The number of aliphatic hydroxyl groups is 2. The number of hydrogen-bond donors (Lipinski definition) is 3. The quantitative estimate of drug-likeness (QED) is 0.634. The zero-order chi connectivity index (χ0) is 23.9. The Morgan fingerprint density at radius 2 is 1.91 bits per heavy atom. The molecule has 2 atom stereocenters. The molecule has 0 aliphatic carbocycles. The van der Waals surface area contributed by atoms with E-state index in [0.29, 0.717) is 12.5 Å². The first-order chi connectivity index (χ1) is 15.0. The summed E-state index contributed by atoms with van der Waals surface area (Å²) in [5.41, 5.74) is -1.85. The first-order valence-corrected chi connectivity index (χ1v) is 10.4. The summed E-state index contributed by atoms with van der Waals surface area (Å²) in [5, 5.41) is 45.2.